The quantitative estimate of drug-likeness (QED) is 0.220. The second-order valence-electron chi connectivity index (χ2n) is 6.08. The number of methoxy groups -OCH3 is 1. The van der Waals surface area contributed by atoms with Gasteiger partial charge in [-0.3, -0.25) is 24.3 Å². The Balaban J connectivity index is 1.84. The number of hydrogen-bond donors (Lipinski definition) is 0. The average Bonchev–Trinajstić information content (AvgIpc) is 3.32. The molecule has 29 heavy (non-hydrogen) atoms. The van der Waals surface area contributed by atoms with Crippen molar-refractivity contribution >= 4 is 33.5 Å². The summed E-state index contributed by atoms with van der Waals surface area (Å²) in [4.78, 5) is 22.9. The number of nitrogens with zero attached hydrogens (tertiary/aromatic N) is 5. The van der Waals surface area contributed by atoms with Gasteiger partial charge in [-0.1, -0.05) is 12.1 Å². The van der Waals surface area contributed by atoms with E-state index in [2.05, 4.69) is 26.1 Å². The summed E-state index contributed by atoms with van der Waals surface area (Å²) in [5.41, 5.74) is 1.97. The third-order valence-electron chi connectivity index (χ3n) is 4.22. The van der Waals surface area contributed by atoms with E-state index >= 15 is 0 Å². The Kier molecular flexibility index (Phi) is 6.23. The van der Waals surface area contributed by atoms with Crippen molar-refractivity contribution in [1.29, 1.82) is 0 Å². The van der Waals surface area contributed by atoms with E-state index in [1.54, 1.807) is 30.1 Å². The number of ether oxygens (including phenoxy) is 1. The van der Waals surface area contributed by atoms with Gasteiger partial charge in [0, 0.05) is 12.1 Å². The molecule has 0 unspecified atom stereocenters. The molecule has 0 aliphatic carbocycles. The molecule has 150 valence electrons. The van der Waals surface area contributed by atoms with Crippen molar-refractivity contribution in [2.24, 2.45) is 0 Å². The van der Waals surface area contributed by atoms with Crippen LogP contribution in [0.2, 0.25) is 0 Å². The van der Waals surface area contributed by atoms with Crippen LogP contribution in [0, 0.1) is 10.1 Å². The number of halogens is 1. The fourth-order valence-electron chi connectivity index (χ4n) is 2.83. The summed E-state index contributed by atoms with van der Waals surface area (Å²) in [6.07, 6.45) is 7.34. The monoisotopic (exact) mass is 459 g/mol. The summed E-state index contributed by atoms with van der Waals surface area (Å²) in [6, 6.07) is 5.45. The van der Waals surface area contributed by atoms with Crippen molar-refractivity contribution in [3.8, 4) is 5.75 Å². The molecule has 9 nitrogen and oxygen atoms in total. The molecular weight excluding hydrogens is 442 g/mol. The van der Waals surface area contributed by atoms with Gasteiger partial charge in [-0.25, -0.2) is 0 Å². The van der Waals surface area contributed by atoms with Crippen molar-refractivity contribution < 1.29 is 14.5 Å². The molecule has 0 aliphatic heterocycles. The minimum absolute atomic E-state index is 0.0799. The number of nitro groups is 1. The molecule has 0 radical (unpaired) electrons. The van der Waals surface area contributed by atoms with E-state index in [-0.39, 0.29) is 11.5 Å². The van der Waals surface area contributed by atoms with E-state index in [1.807, 2.05) is 19.1 Å². The van der Waals surface area contributed by atoms with E-state index in [0.29, 0.717) is 29.0 Å². The minimum Gasteiger partial charge on any atom is -0.496 e. The molecule has 0 saturated heterocycles. The molecule has 3 rings (SSSR count). The normalized spacial score (nSPS) is 11.1. The lowest BCUT2D eigenvalue weighted by atomic mass is 10.1. The van der Waals surface area contributed by atoms with E-state index in [1.165, 1.54) is 23.2 Å². The predicted octanol–water partition coefficient (Wildman–Crippen LogP) is 3.72. The first-order valence-corrected chi connectivity index (χ1v) is 9.49. The molecule has 0 amide bonds. The Labute approximate surface area is 174 Å². The van der Waals surface area contributed by atoms with Crippen LogP contribution >= 0.6 is 15.9 Å². The van der Waals surface area contributed by atoms with Crippen LogP contribution in [-0.2, 0) is 13.1 Å². The minimum atomic E-state index is -0.495. The molecule has 10 heteroatoms. The predicted molar refractivity (Wildman–Crippen MR) is 110 cm³/mol. The van der Waals surface area contributed by atoms with Gasteiger partial charge in [-0.2, -0.15) is 10.2 Å². The van der Waals surface area contributed by atoms with Gasteiger partial charge in [0.25, 0.3) is 0 Å². The number of rotatable bonds is 8. The smallest absolute Gasteiger partial charge is 0.307 e. The van der Waals surface area contributed by atoms with Crippen LogP contribution in [0.4, 0.5) is 5.69 Å². The number of carbonyl (C=O) groups excluding carboxylic acids is 1. The third kappa shape index (κ3) is 4.60. The molecule has 0 bridgehead atoms. The Morgan fingerprint density at radius 3 is 2.79 bits per heavy atom. The highest BCUT2D eigenvalue weighted by Crippen LogP contribution is 2.23. The van der Waals surface area contributed by atoms with Gasteiger partial charge in [0.1, 0.15) is 23.8 Å². The van der Waals surface area contributed by atoms with Crippen molar-refractivity contribution in [2.45, 2.75) is 20.0 Å². The standard InChI is InChI=1S/C19H18BrN5O4/c1-3-24-19(16(20)10-22-24)17(26)6-4-13-5-7-18(29-2)14(8-13)11-23-12-15(9-21-23)25(27)28/h4-10,12H,3,11H2,1-2H3/b6-4+. The molecule has 0 atom stereocenters. The topological polar surface area (TPSA) is 105 Å². The Morgan fingerprint density at radius 1 is 1.34 bits per heavy atom. The lowest BCUT2D eigenvalue weighted by Gasteiger charge is -2.09. The fraction of sp³-hybridized carbons (Fsp3) is 0.211. The first-order chi connectivity index (χ1) is 13.9. The van der Waals surface area contributed by atoms with E-state index in [0.717, 1.165) is 11.1 Å². The molecule has 1 aromatic carbocycles. The zero-order valence-corrected chi connectivity index (χ0v) is 17.4. The molecule has 2 heterocycles. The number of aryl methyl sites for hydroxylation is 1. The molecule has 0 aliphatic rings. The van der Waals surface area contributed by atoms with Gasteiger partial charge in [0.05, 0.1) is 29.2 Å². The summed E-state index contributed by atoms with van der Waals surface area (Å²) < 4.78 is 9.11. The Morgan fingerprint density at radius 2 is 2.14 bits per heavy atom. The number of allylic oxidation sites excluding steroid dienone is 1. The first kappa shape index (κ1) is 20.5. The third-order valence-corrected chi connectivity index (χ3v) is 4.80. The number of aromatic nitrogens is 4. The molecule has 0 N–H and O–H groups in total. The van der Waals surface area contributed by atoms with Crippen molar-refractivity contribution in [1.82, 2.24) is 19.6 Å². The van der Waals surface area contributed by atoms with Crippen LogP contribution in [0.1, 0.15) is 28.5 Å². The summed E-state index contributed by atoms with van der Waals surface area (Å²) in [5, 5.41) is 19.0. The highest BCUT2D eigenvalue weighted by molar-refractivity contribution is 9.10. The highest BCUT2D eigenvalue weighted by Gasteiger charge is 2.14. The van der Waals surface area contributed by atoms with Gasteiger partial charge in [0.15, 0.2) is 0 Å². The van der Waals surface area contributed by atoms with Crippen LogP contribution in [0.15, 0.2) is 47.3 Å². The Hall–Kier alpha value is -3.27. The molecule has 0 fully saturated rings. The van der Waals surface area contributed by atoms with Gasteiger partial charge in [0.2, 0.25) is 5.78 Å². The van der Waals surface area contributed by atoms with E-state index in [4.69, 9.17) is 4.74 Å². The average molecular weight is 460 g/mol. The van der Waals surface area contributed by atoms with Crippen LogP contribution in [0.25, 0.3) is 6.08 Å². The zero-order valence-electron chi connectivity index (χ0n) is 15.8. The molecule has 0 saturated carbocycles. The second kappa shape index (κ2) is 8.82. The lowest BCUT2D eigenvalue weighted by molar-refractivity contribution is -0.385. The van der Waals surface area contributed by atoms with Gasteiger partial charge < -0.3 is 4.74 Å². The maximum Gasteiger partial charge on any atom is 0.307 e. The summed E-state index contributed by atoms with van der Waals surface area (Å²) in [7, 11) is 1.55. The van der Waals surface area contributed by atoms with Crippen molar-refractivity contribution in [3.05, 3.63) is 74.3 Å². The van der Waals surface area contributed by atoms with Gasteiger partial charge in [-0.05, 0) is 46.6 Å². The Bertz CT molecular complexity index is 1090. The van der Waals surface area contributed by atoms with Gasteiger partial charge >= 0.3 is 5.69 Å². The summed E-state index contributed by atoms with van der Waals surface area (Å²) in [6.45, 7) is 2.79. The van der Waals surface area contributed by atoms with Crippen LogP contribution in [-0.4, -0.2) is 37.4 Å². The number of hydrogen-bond acceptors (Lipinski definition) is 6. The van der Waals surface area contributed by atoms with E-state index < -0.39 is 4.92 Å². The number of ketones is 1. The number of carbonyl (C=O) groups is 1. The SMILES string of the molecule is CCn1ncc(Br)c1C(=O)/C=C/c1ccc(OC)c(Cn2cc([N+](=O)[O-])cn2)c1. The highest BCUT2D eigenvalue weighted by atomic mass is 79.9. The second-order valence-corrected chi connectivity index (χ2v) is 6.93. The molecule has 3 aromatic rings. The van der Waals surface area contributed by atoms with Crippen molar-refractivity contribution in [3.63, 3.8) is 0 Å². The maximum absolute atomic E-state index is 12.6. The van der Waals surface area contributed by atoms with Gasteiger partial charge in [-0.15, -0.1) is 0 Å². The van der Waals surface area contributed by atoms with Crippen LogP contribution in [0.3, 0.4) is 0 Å². The fourth-order valence-corrected chi connectivity index (χ4v) is 3.32. The first-order valence-electron chi connectivity index (χ1n) is 8.70. The molecular formula is C19H18BrN5O4. The molecule has 0 spiro atoms. The largest absolute Gasteiger partial charge is 0.496 e. The molecule has 2 aromatic heterocycles. The zero-order chi connectivity index (χ0) is 21.0. The maximum atomic E-state index is 12.6. The van der Waals surface area contributed by atoms with Crippen LogP contribution in [0.5, 0.6) is 5.75 Å². The van der Waals surface area contributed by atoms with Crippen molar-refractivity contribution in [2.75, 3.05) is 7.11 Å². The lowest BCUT2D eigenvalue weighted by Crippen LogP contribution is -2.07. The summed E-state index contributed by atoms with van der Waals surface area (Å²) >= 11 is 3.35. The number of benzene rings is 1. The van der Waals surface area contributed by atoms with Crippen LogP contribution < -0.4 is 4.74 Å². The summed E-state index contributed by atoms with van der Waals surface area (Å²) in [5.74, 6) is 0.453. The van der Waals surface area contributed by atoms with E-state index in [9.17, 15) is 14.9 Å².